The predicted octanol–water partition coefficient (Wildman–Crippen LogP) is 7.14. The molecule has 0 unspecified atom stereocenters. The van der Waals surface area contributed by atoms with E-state index in [0.717, 1.165) is 0 Å². The Bertz CT molecular complexity index is 1100. The van der Waals surface area contributed by atoms with Crippen molar-refractivity contribution in [1.29, 1.82) is 0 Å². The molecule has 0 radical (unpaired) electrons. The zero-order valence-electron chi connectivity index (χ0n) is 16.9. The maximum atomic E-state index is 2.52. The van der Waals surface area contributed by atoms with Gasteiger partial charge in [0.1, 0.15) is 0 Å². The average molecular weight is 397 g/mol. The van der Waals surface area contributed by atoms with E-state index in [1.807, 2.05) is 0 Å². The first-order valence-corrected chi connectivity index (χ1v) is 11.3. The molecule has 0 aliphatic carbocycles. The van der Waals surface area contributed by atoms with Gasteiger partial charge < -0.3 is 0 Å². The van der Waals surface area contributed by atoms with Crippen LogP contribution in [0.2, 0.25) is 0 Å². The van der Waals surface area contributed by atoms with E-state index in [4.69, 9.17) is 0 Å². The van der Waals surface area contributed by atoms with Crippen LogP contribution in [-0.4, -0.2) is 9.34 Å². The second-order valence-electron chi connectivity index (χ2n) is 7.80. The van der Waals surface area contributed by atoms with E-state index in [2.05, 4.69) is 121 Å². The Labute approximate surface area is 174 Å². The van der Waals surface area contributed by atoms with Gasteiger partial charge in [-0.05, 0) is 46.5 Å². The fraction of sp³-hybridized carbons (Fsp3) is 0.154. The van der Waals surface area contributed by atoms with Crippen LogP contribution < -0.4 is 0 Å². The third-order valence-electron chi connectivity index (χ3n) is 6.12. The third kappa shape index (κ3) is 3.28. The van der Waals surface area contributed by atoms with Crippen molar-refractivity contribution < 1.29 is 0 Å². The second kappa shape index (κ2) is 7.54. The Morgan fingerprint density at radius 1 is 0.552 bits per heavy atom. The van der Waals surface area contributed by atoms with Crippen LogP contribution in [0.1, 0.15) is 37.1 Å². The van der Waals surface area contributed by atoms with Gasteiger partial charge in [0.05, 0.1) is 24.5 Å². The van der Waals surface area contributed by atoms with Gasteiger partial charge in [0.25, 0.3) is 0 Å². The van der Waals surface area contributed by atoms with Crippen LogP contribution in [0.5, 0.6) is 0 Å². The average Bonchev–Trinajstić information content (AvgIpc) is 3.28. The summed E-state index contributed by atoms with van der Waals surface area (Å²) in [6.07, 6.45) is 4.56. The van der Waals surface area contributed by atoms with E-state index >= 15 is 0 Å². The van der Waals surface area contributed by atoms with Gasteiger partial charge >= 0.3 is 0 Å². The van der Waals surface area contributed by atoms with Crippen LogP contribution >= 0.6 is 8.88 Å². The summed E-state index contributed by atoms with van der Waals surface area (Å²) in [5, 5.41) is 5.35. The van der Waals surface area contributed by atoms with Crippen molar-refractivity contribution in [2.24, 2.45) is 0 Å². The van der Waals surface area contributed by atoms with Gasteiger partial charge in [-0.25, -0.2) is 9.34 Å². The number of nitrogens with zero attached hydrogens (tertiary/aromatic N) is 2. The van der Waals surface area contributed by atoms with Crippen LogP contribution in [0.15, 0.2) is 97.3 Å². The smallest absolute Gasteiger partial charge is 0.170 e. The Kier molecular flexibility index (Phi) is 4.73. The normalized spacial score (nSPS) is 15.9. The monoisotopic (exact) mass is 397 g/mol. The molecule has 5 rings (SSSR count). The molecule has 0 N–H and O–H groups in total. The maximum Gasteiger partial charge on any atom is 0.170 e. The third-order valence-corrected chi connectivity index (χ3v) is 7.89. The van der Waals surface area contributed by atoms with Crippen LogP contribution in [0.3, 0.4) is 0 Å². The lowest BCUT2D eigenvalue weighted by Crippen LogP contribution is -2.15. The minimum atomic E-state index is 0.00599. The predicted molar refractivity (Wildman–Crippen MR) is 127 cm³/mol. The summed E-state index contributed by atoms with van der Waals surface area (Å²) in [6.45, 7) is 4.65. The van der Waals surface area contributed by atoms with Gasteiger partial charge in [-0.3, -0.25) is 0 Å². The van der Waals surface area contributed by atoms with Gasteiger partial charge in [0.2, 0.25) is 0 Å². The van der Waals surface area contributed by atoms with E-state index in [1.54, 1.807) is 0 Å². The number of fused-ring (bicyclic) bond motifs is 2. The van der Waals surface area contributed by atoms with Crippen molar-refractivity contribution in [1.82, 2.24) is 9.34 Å². The van der Waals surface area contributed by atoms with Crippen molar-refractivity contribution in [3.8, 4) is 0 Å². The summed E-state index contributed by atoms with van der Waals surface area (Å²) in [7, 11) is 0.00599. The zero-order valence-corrected chi connectivity index (χ0v) is 18.0. The number of hydrogen-bond acceptors (Lipinski definition) is 2. The van der Waals surface area contributed by atoms with E-state index in [1.165, 1.54) is 32.7 Å². The van der Waals surface area contributed by atoms with E-state index in [0.29, 0.717) is 12.1 Å². The molecule has 29 heavy (non-hydrogen) atoms. The second-order valence-corrected chi connectivity index (χ2v) is 9.22. The molecule has 0 spiro atoms. The SMILES string of the molecule is C[C@H](c1cccc2ccccc12)N1C=CN([C@H](C)c2cccc3ccccc23)[PH2+]1. The van der Waals surface area contributed by atoms with Crippen LogP contribution in [-0.2, 0) is 0 Å². The van der Waals surface area contributed by atoms with Crippen LogP contribution in [0, 0.1) is 0 Å². The number of benzene rings is 4. The lowest BCUT2D eigenvalue weighted by atomic mass is 10.00. The molecule has 144 valence electrons. The lowest BCUT2D eigenvalue weighted by Gasteiger charge is -2.25. The molecule has 0 saturated carbocycles. The van der Waals surface area contributed by atoms with Gasteiger partial charge in [-0.15, -0.1) is 0 Å². The van der Waals surface area contributed by atoms with Crippen molar-refractivity contribution in [2.45, 2.75) is 25.9 Å². The van der Waals surface area contributed by atoms with Crippen molar-refractivity contribution in [2.75, 3.05) is 0 Å². The molecule has 1 aliphatic rings. The summed E-state index contributed by atoms with van der Waals surface area (Å²) in [4.78, 5) is 0. The standard InChI is InChI=1S/C26H25N2P/c1-19(23-15-7-11-21-9-3-5-13-25(21)23)27-17-18-28(29-27)20(2)24-16-8-12-22-10-4-6-14-26(22)24/h3-20,29H,1-2H3/p+1/t19-,20-/m1/s1. The van der Waals surface area contributed by atoms with E-state index in [-0.39, 0.29) is 8.88 Å². The molecule has 0 amide bonds. The molecule has 0 saturated heterocycles. The summed E-state index contributed by atoms with van der Waals surface area (Å²) in [5.74, 6) is 0. The summed E-state index contributed by atoms with van der Waals surface area (Å²) in [6, 6.07) is 31.4. The van der Waals surface area contributed by atoms with Gasteiger partial charge in [0, 0.05) is 0 Å². The Morgan fingerprint density at radius 3 is 1.45 bits per heavy atom. The molecule has 2 atom stereocenters. The molecular formula is C26H26N2P+. The first-order valence-electron chi connectivity index (χ1n) is 10.3. The highest BCUT2D eigenvalue weighted by molar-refractivity contribution is 7.33. The van der Waals surface area contributed by atoms with Gasteiger partial charge in [-0.1, -0.05) is 84.9 Å². The van der Waals surface area contributed by atoms with Crippen molar-refractivity contribution in [3.63, 3.8) is 0 Å². The fourth-order valence-electron chi connectivity index (χ4n) is 4.39. The molecule has 3 heteroatoms. The van der Waals surface area contributed by atoms with Crippen molar-refractivity contribution in [3.05, 3.63) is 108 Å². The summed E-state index contributed by atoms with van der Waals surface area (Å²) >= 11 is 0. The molecule has 0 fully saturated rings. The maximum absolute atomic E-state index is 2.52. The Morgan fingerprint density at radius 2 is 0.966 bits per heavy atom. The molecule has 0 aromatic heterocycles. The van der Waals surface area contributed by atoms with Crippen LogP contribution in [0.25, 0.3) is 21.5 Å². The summed E-state index contributed by atoms with van der Waals surface area (Å²) in [5.41, 5.74) is 2.81. The lowest BCUT2D eigenvalue weighted by molar-refractivity contribution is 0.462. The first-order chi connectivity index (χ1) is 14.2. The first kappa shape index (κ1) is 18.2. The van der Waals surface area contributed by atoms with Gasteiger partial charge in [-0.2, -0.15) is 0 Å². The number of rotatable bonds is 4. The molecule has 1 heterocycles. The minimum absolute atomic E-state index is 0.00599. The van der Waals surface area contributed by atoms with Crippen molar-refractivity contribution >= 4 is 30.4 Å². The van der Waals surface area contributed by atoms with Crippen LogP contribution in [0.4, 0.5) is 0 Å². The molecule has 1 aliphatic heterocycles. The largest absolute Gasteiger partial charge is 0.230 e. The molecule has 4 aromatic rings. The highest BCUT2D eigenvalue weighted by atomic mass is 31.1. The minimum Gasteiger partial charge on any atom is -0.230 e. The Hall–Kier alpha value is -2.83. The van der Waals surface area contributed by atoms with Gasteiger partial charge in [0.15, 0.2) is 8.88 Å². The summed E-state index contributed by atoms with van der Waals surface area (Å²) < 4.78 is 5.03. The highest BCUT2D eigenvalue weighted by Crippen LogP contribution is 2.45. The number of hydrogen-bond donors (Lipinski definition) is 0. The Balaban J connectivity index is 1.40. The quantitative estimate of drug-likeness (QED) is 0.338. The molecule has 2 nitrogen and oxygen atoms in total. The topological polar surface area (TPSA) is 6.48 Å². The molecular weight excluding hydrogens is 371 g/mol. The molecule has 4 aromatic carbocycles. The fourth-order valence-corrected chi connectivity index (χ4v) is 5.73. The zero-order chi connectivity index (χ0) is 19.8. The van der Waals surface area contributed by atoms with E-state index in [9.17, 15) is 0 Å². The highest BCUT2D eigenvalue weighted by Gasteiger charge is 2.30. The molecule has 0 bridgehead atoms. The van der Waals surface area contributed by atoms with E-state index < -0.39 is 0 Å².